The fourth-order valence-electron chi connectivity index (χ4n) is 1.39. The van der Waals surface area contributed by atoms with Crippen LogP contribution in [0, 0.1) is 20.8 Å². The van der Waals surface area contributed by atoms with E-state index < -0.39 is 0 Å². The highest BCUT2D eigenvalue weighted by atomic mass is 15.4. The van der Waals surface area contributed by atoms with E-state index in [2.05, 4.69) is 20.1 Å². The minimum atomic E-state index is 0.465. The lowest BCUT2D eigenvalue weighted by Crippen LogP contribution is -2.07. The predicted molar refractivity (Wildman–Crippen MR) is 55.6 cm³/mol. The number of nitrogens with zero attached hydrogens (tertiary/aromatic N) is 5. The third-order valence-electron chi connectivity index (χ3n) is 2.17. The zero-order valence-corrected chi connectivity index (χ0v) is 8.89. The molecule has 0 fully saturated rings. The van der Waals surface area contributed by atoms with Gasteiger partial charge in [0.1, 0.15) is 23.8 Å². The van der Waals surface area contributed by atoms with Crippen LogP contribution in [-0.2, 0) is 0 Å². The van der Waals surface area contributed by atoms with Crippen molar-refractivity contribution in [2.45, 2.75) is 20.8 Å². The van der Waals surface area contributed by atoms with Gasteiger partial charge in [0.25, 0.3) is 0 Å². The van der Waals surface area contributed by atoms with Crippen LogP contribution in [-0.4, -0.2) is 24.7 Å². The van der Waals surface area contributed by atoms with E-state index in [0.29, 0.717) is 17.5 Å². The van der Waals surface area contributed by atoms with Crippen molar-refractivity contribution in [2.75, 3.05) is 5.73 Å². The van der Waals surface area contributed by atoms with E-state index in [9.17, 15) is 0 Å². The van der Waals surface area contributed by atoms with Crippen LogP contribution in [0.15, 0.2) is 6.33 Å². The highest BCUT2D eigenvalue weighted by molar-refractivity contribution is 5.47. The molecule has 15 heavy (non-hydrogen) atoms. The van der Waals surface area contributed by atoms with Crippen molar-refractivity contribution >= 4 is 5.82 Å². The van der Waals surface area contributed by atoms with Gasteiger partial charge in [-0.05, 0) is 20.8 Å². The third kappa shape index (κ3) is 1.54. The topological polar surface area (TPSA) is 82.5 Å². The zero-order chi connectivity index (χ0) is 11.0. The summed E-state index contributed by atoms with van der Waals surface area (Å²) in [5.74, 6) is 2.64. The van der Waals surface area contributed by atoms with E-state index in [-0.39, 0.29) is 0 Å². The molecular weight excluding hydrogens is 192 g/mol. The van der Waals surface area contributed by atoms with Crippen LogP contribution in [0.25, 0.3) is 5.82 Å². The molecule has 0 unspecified atom stereocenters. The van der Waals surface area contributed by atoms with Gasteiger partial charge in [-0.3, -0.25) is 0 Å². The second-order valence-corrected chi connectivity index (χ2v) is 3.33. The van der Waals surface area contributed by atoms with Crippen LogP contribution in [0.5, 0.6) is 0 Å². The van der Waals surface area contributed by atoms with Crippen molar-refractivity contribution in [1.29, 1.82) is 0 Å². The summed E-state index contributed by atoms with van der Waals surface area (Å²) in [4.78, 5) is 12.3. The highest BCUT2D eigenvalue weighted by Gasteiger charge is 2.10. The maximum atomic E-state index is 5.70. The molecule has 0 aliphatic heterocycles. The second kappa shape index (κ2) is 3.30. The van der Waals surface area contributed by atoms with E-state index in [0.717, 1.165) is 11.4 Å². The maximum Gasteiger partial charge on any atom is 0.163 e. The second-order valence-electron chi connectivity index (χ2n) is 3.33. The highest BCUT2D eigenvalue weighted by Crippen LogP contribution is 2.15. The van der Waals surface area contributed by atoms with Gasteiger partial charge in [-0.1, -0.05) is 0 Å². The molecule has 0 atom stereocenters. The van der Waals surface area contributed by atoms with Gasteiger partial charge in [0, 0.05) is 5.56 Å². The van der Waals surface area contributed by atoms with Crippen LogP contribution in [0.3, 0.4) is 0 Å². The molecule has 0 bridgehead atoms. The fourth-order valence-corrected chi connectivity index (χ4v) is 1.39. The van der Waals surface area contributed by atoms with E-state index in [1.165, 1.54) is 6.33 Å². The largest absolute Gasteiger partial charge is 0.383 e. The Balaban J connectivity index is 2.64. The molecule has 2 rings (SSSR count). The van der Waals surface area contributed by atoms with Crippen LogP contribution < -0.4 is 5.73 Å². The average molecular weight is 204 g/mol. The minimum absolute atomic E-state index is 0.465. The van der Waals surface area contributed by atoms with Gasteiger partial charge in [-0.15, -0.1) is 5.10 Å². The number of aryl methyl sites for hydroxylation is 2. The van der Waals surface area contributed by atoms with Gasteiger partial charge in [0.05, 0.1) is 0 Å². The van der Waals surface area contributed by atoms with Gasteiger partial charge < -0.3 is 5.73 Å². The summed E-state index contributed by atoms with van der Waals surface area (Å²) in [7, 11) is 0. The molecule has 0 aliphatic carbocycles. The third-order valence-corrected chi connectivity index (χ3v) is 2.17. The molecule has 2 heterocycles. The van der Waals surface area contributed by atoms with Crippen molar-refractivity contribution in [2.24, 2.45) is 0 Å². The molecule has 2 N–H and O–H groups in total. The molecule has 0 amide bonds. The van der Waals surface area contributed by atoms with Gasteiger partial charge in [0.15, 0.2) is 5.82 Å². The van der Waals surface area contributed by atoms with Gasteiger partial charge >= 0.3 is 0 Å². The molecule has 0 aromatic carbocycles. The minimum Gasteiger partial charge on any atom is -0.383 e. The fraction of sp³-hybridized carbons (Fsp3) is 0.333. The molecule has 0 radical (unpaired) electrons. The number of rotatable bonds is 1. The Morgan fingerprint density at radius 3 is 2.53 bits per heavy atom. The monoisotopic (exact) mass is 204 g/mol. The van der Waals surface area contributed by atoms with Crippen molar-refractivity contribution in [3.63, 3.8) is 0 Å². The molecular formula is C9H12N6. The molecule has 0 spiro atoms. The predicted octanol–water partition coefficient (Wildman–Crippen LogP) is 0.565. The van der Waals surface area contributed by atoms with E-state index in [4.69, 9.17) is 5.73 Å². The molecule has 0 saturated carbocycles. The maximum absolute atomic E-state index is 5.70. The first-order valence-corrected chi connectivity index (χ1v) is 4.57. The number of hydrogen-bond donors (Lipinski definition) is 1. The number of anilines is 1. The van der Waals surface area contributed by atoms with Crippen molar-refractivity contribution in [1.82, 2.24) is 24.7 Å². The number of aromatic nitrogens is 5. The Labute approximate surface area is 87.2 Å². The first kappa shape index (κ1) is 9.57. The Morgan fingerprint density at radius 2 is 1.93 bits per heavy atom. The summed E-state index contributed by atoms with van der Waals surface area (Å²) < 4.78 is 1.67. The molecule has 0 aliphatic rings. The smallest absolute Gasteiger partial charge is 0.163 e. The molecule has 6 heteroatoms. The van der Waals surface area contributed by atoms with E-state index in [1.54, 1.807) is 4.68 Å². The standard InChI is InChI=1S/C9H12N6/c1-5-8(10)11-4-12-9(5)15-7(3)13-6(2)14-15/h4H,1-3H3,(H2,10,11,12). The Morgan fingerprint density at radius 1 is 1.20 bits per heavy atom. The van der Waals surface area contributed by atoms with E-state index >= 15 is 0 Å². The first-order valence-electron chi connectivity index (χ1n) is 4.57. The average Bonchev–Trinajstić information content (AvgIpc) is 2.50. The summed E-state index contributed by atoms with van der Waals surface area (Å²) in [5, 5.41) is 4.24. The molecule has 78 valence electrons. The lowest BCUT2D eigenvalue weighted by molar-refractivity contribution is 0.791. The lowest BCUT2D eigenvalue weighted by Gasteiger charge is -2.06. The van der Waals surface area contributed by atoms with Crippen molar-refractivity contribution in [3.05, 3.63) is 23.5 Å². The first-order chi connectivity index (χ1) is 7.09. The zero-order valence-electron chi connectivity index (χ0n) is 8.89. The number of hydrogen-bond acceptors (Lipinski definition) is 5. The van der Waals surface area contributed by atoms with Crippen LogP contribution >= 0.6 is 0 Å². The molecule has 2 aromatic heterocycles. The Hall–Kier alpha value is -1.98. The van der Waals surface area contributed by atoms with E-state index in [1.807, 2.05) is 20.8 Å². The summed E-state index contributed by atoms with van der Waals surface area (Å²) in [6, 6.07) is 0. The lowest BCUT2D eigenvalue weighted by atomic mass is 10.3. The molecule has 6 nitrogen and oxygen atoms in total. The quantitative estimate of drug-likeness (QED) is 0.734. The van der Waals surface area contributed by atoms with Crippen LogP contribution in [0.2, 0.25) is 0 Å². The summed E-state index contributed by atoms with van der Waals surface area (Å²) in [5.41, 5.74) is 6.51. The van der Waals surface area contributed by atoms with Gasteiger partial charge in [-0.2, -0.15) is 4.68 Å². The van der Waals surface area contributed by atoms with Crippen molar-refractivity contribution in [3.8, 4) is 5.82 Å². The van der Waals surface area contributed by atoms with Gasteiger partial charge in [0.2, 0.25) is 0 Å². The number of nitrogen functional groups attached to an aromatic ring is 1. The summed E-state index contributed by atoms with van der Waals surface area (Å²) in [6.45, 7) is 5.57. The molecule has 0 saturated heterocycles. The number of nitrogens with two attached hydrogens (primary N) is 1. The molecule has 2 aromatic rings. The Bertz CT molecular complexity index is 501. The normalized spacial score (nSPS) is 10.6. The van der Waals surface area contributed by atoms with Crippen LogP contribution in [0.1, 0.15) is 17.2 Å². The van der Waals surface area contributed by atoms with Gasteiger partial charge in [-0.25, -0.2) is 15.0 Å². The summed E-state index contributed by atoms with van der Waals surface area (Å²) >= 11 is 0. The SMILES string of the molecule is Cc1nc(C)n(-c2ncnc(N)c2C)n1. The van der Waals surface area contributed by atoms with Crippen molar-refractivity contribution < 1.29 is 0 Å². The summed E-state index contributed by atoms with van der Waals surface area (Å²) in [6.07, 6.45) is 1.42. The van der Waals surface area contributed by atoms with Crippen LogP contribution in [0.4, 0.5) is 5.82 Å². The Kier molecular flexibility index (Phi) is 2.11.